The summed E-state index contributed by atoms with van der Waals surface area (Å²) in [5.74, 6) is 0. The molecule has 90 valence electrons. The van der Waals surface area contributed by atoms with Crippen molar-refractivity contribution < 1.29 is 5.11 Å². The number of benzene rings is 1. The van der Waals surface area contributed by atoms with Gasteiger partial charge in [0.2, 0.25) is 0 Å². The molecule has 1 N–H and O–H groups in total. The fourth-order valence-electron chi connectivity index (χ4n) is 1.31. The van der Waals surface area contributed by atoms with Crippen molar-refractivity contribution >= 4 is 23.2 Å². The van der Waals surface area contributed by atoms with Gasteiger partial charge in [-0.25, -0.2) is 0 Å². The molecule has 0 heterocycles. The molecule has 1 unspecified atom stereocenters. The van der Waals surface area contributed by atoms with Gasteiger partial charge in [-0.2, -0.15) is 0 Å². The van der Waals surface area contributed by atoms with Gasteiger partial charge < -0.3 is 5.11 Å². The van der Waals surface area contributed by atoms with Gasteiger partial charge in [0.25, 0.3) is 0 Å². The molecule has 1 rings (SSSR count). The average Bonchev–Trinajstić information content (AvgIpc) is 2.10. The maximum absolute atomic E-state index is 10.4. The molecule has 0 saturated heterocycles. The lowest BCUT2D eigenvalue weighted by atomic mass is 9.74. The summed E-state index contributed by atoms with van der Waals surface area (Å²) in [6.45, 7) is 7.81. The number of rotatable bonds is 2. The Labute approximate surface area is 107 Å². The summed E-state index contributed by atoms with van der Waals surface area (Å²) in [4.78, 5) is 0. The second-order valence-corrected chi connectivity index (χ2v) is 6.22. The minimum absolute atomic E-state index is 0.227. The van der Waals surface area contributed by atoms with Crippen molar-refractivity contribution in [2.75, 3.05) is 0 Å². The molecule has 16 heavy (non-hydrogen) atoms. The molecule has 0 fully saturated rings. The first-order valence-electron chi connectivity index (χ1n) is 5.30. The van der Waals surface area contributed by atoms with E-state index in [0.717, 1.165) is 5.56 Å². The van der Waals surface area contributed by atoms with Gasteiger partial charge in [0.1, 0.15) is 0 Å². The Morgan fingerprint density at radius 1 is 1.06 bits per heavy atom. The van der Waals surface area contributed by atoms with Gasteiger partial charge in [-0.1, -0.05) is 50.0 Å². The second-order valence-electron chi connectivity index (χ2n) is 5.40. The van der Waals surface area contributed by atoms with Gasteiger partial charge in [0, 0.05) is 16.5 Å². The molecule has 1 aromatic rings. The van der Waals surface area contributed by atoms with Crippen LogP contribution in [0.3, 0.4) is 0 Å². The third kappa shape index (κ3) is 2.91. The van der Waals surface area contributed by atoms with Crippen molar-refractivity contribution in [3.05, 3.63) is 33.8 Å². The van der Waals surface area contributed by atoms with E-state index < -0.39 is 5.60 Å². The molecule has 1 atom stereocenters. The highest BCUT2D eigenvalue weighted by Crippen LogP contribution is 2.36. The van der Waals surface area contributed by atoms with Crippen LogP contribution in [-0.4, -0.2) is 10.7 Å². The summed E-state index contributed by atoms with van der Waals surface area (Å²) >= 11 is 12.2. The zero-order valence-corrected chi connectivity index (χ0v) is 11.7. The van der Waals surface area contributed by atoms with Gasteiger partial charge in [0.05, 0.1) is 5.60 Å². The highest BCUT2D eigenvalue weighted by atomic mass is 35.5. The molecule has 0 aliphatic heterocycles. The molecule has 0 aliphatic carbocycles. The minimum atomic E-state index is -0.846. The van der Waals surface area contributed by atoms with Gasteiger partial charge in [0.15, 0.2) is 0 Å². The zero-order valence-electron chi connectivity index (χ0n) is 10.1. The van der Waals surface area contributed by atoms with Gasteiger partial charge in [-0.3, -0.25) is 0 Å². The molecular formula is C13H18Cl2O. The van der Waals surface area contributed by atoms with E-state index in [0.29, 0.717) is 16.5 Å². The number of halogens is 2. The van der Waals surface area contributed by atoms with E-state index in [1.165, 1.54) is 0 Å². The minimum Gasteiger partial charge on any atom is -0.389 e. The van der Waals surface area contributed by atoms with Gasteiger partial charge >= 0.3 is 0 Å². The fourth-order valence-corrected chi connectivity index (χ4v) is 1.84. The lowest BCUT2D eigenvalue weighted by molar-refractivity contribution is -0.0405. The third-order valence-electron chi connectivity index (χ3n) is 3.20. The summed E-state index contributed by atoms with van der Waals surface area (Å²) in [5, 5.41) is 11.7. The van der Waals surface area contributed by atoms with Crippen LogP contribution in [0.2, 0.25) is 10.0 Å². The van der Waals surface area contributed by atoms with Crippen LogP contribution in [0.15, 0.2) is 18.2 Å². The second kappa shape index (κ2) is 4.56. The van der Waals surface area contributed by atoms with Crippen LogP contribution in [0.5, 0.6) is 0 Å². The van der Waals surface area contributed by atoms with Crippen molar-refractivity contribution in [3.8, 4) is 0 Å². The van der Waals surface area contributed by atoms with Crippen molar-refractivity contribution in [1.29, 1.82) is 0 Å². The number of aliphatic hydroxyl groups is 1. The average molecular weight is 261 g/mol. The Morgan fingerprint density at radius 3 is 1.88 bits per heavy atom. The number of hydrogen-bond acceptors (Lipinski definition) is 1. The summed E-state index contributed by atoms with van der Waals surface area (Å²) in [6, 6.07) is 5.39. The van der Waals surface area contributed by atoms with E-state index in [2.05, 4.69) is 0 Å². The molecule has 0 amide bonds. The van der Waals surface area contributed by atoms with Crippen LogP contribution >= 0.6 is 23.2 Å². The Hall–Kier alpha value is -0.240. The van der Waals surface area contributed by atoms with Crippen LogP contribution in [0.25, 0.3) is 0 Å². The quantitative estimate of drug-likeness (QED) is 0.839. The van der Waals surface area contributed by atoms with E-state index in [1.54, 1.807) is 18.2 Å². The van der Waals surface area contributed by atoms with Gasteiger partial charge in [-0.15, -0.1) is 0 Å². The topological polar surface area (TPSA) is 20.2 Å². The maximum atomic E-state index is 10.4. The van der Waals surface area contributed by atoms with Crippen LogP contribution < -0.4 is 0 Å². The summed E-state index contributed by atoms with van der Waals surface area (Å²) in [5.41, 5.74) is -0.261. The van der Waals surface area contributed by atoms with Crippen molar-refractivity contribution in [1.82, 2.24) is 0 Å². The molecule has 0 radical (unpaired) electrons. The lowest BCUT2D eigenvalue weighted by Crippen LogP contribution is -2.41. The molecule has 1 aromatic carbocycles. The van der Waals surface area contributed by atoms with E-state index in [1.807, 2.05) is 27.7 Å². The van der Waals surface area contributed by atoms with Crippen LogP contribution in [0.4, 0.5) is 0 Å². The summed E-state index contributed by atoms with van der Waals surface area (Å²) < 4.78 is 0. The molecule has 0 saturated carbocycles. The first-order chi connectivity index (χ1) is 7.15. The Kier molecular flexibility index (Phi) is 3.94. The number of hydrogen-bond donors (Lipinski definition) is 1. The smallest absolute Gasteiger partial charge is 0.0709 e. The van der Waals surface area contributed by atoms with E-state index in [9.17, 15) is 5.11 Å². The summed E-state index contributed by atoms with van der Waals surface area (Å²) in [7, 11) is 0. The first-order valence-corrected chi connectivity index (χ1v) is 6.06. The van der Waals surface area contributed by atoms with Crippen molar-refractivity contribution in [2.24, 2.45) is 5.41 Å². The molecule has 3 heteroatoms. The Balaban J connectivity index is 3.06. The first kappa shape index (κ1) is 13.8. The van der Waals surface area contributed by atoms with E-state index in [4.69, 9.17) is 23.2 Å². The van der Waals surface area contributed by atoms with Gasteiger partial charge in [-0.05, 0) is 30.0 Å². The monoisotopic (exact) mass is 260 g/mol. The summed E-state index contributed by atoms with van der Waals surface area (Å²) in [6.07, 6.45) is 0.453. The normalized spacial score (nSPS) is 15.9. The third-order valence-corrected chi connectivity index (χ3v) is 3.91. The highest BCUT2D eigenvalue weighted by Gasteiger charge is 2.36. The van der Waals surface area contributed by atoms with Crippen LogP contribution in [0.1, 0.15) is 33.3 Å². The SMILES string of the molecule is CC(C)(C)C(C)(O)Cc1c(Cl)cccc1Cl. The largest absolute Gasteiger partial charge is 0.389 e. The van der Waals surface area contributed by atoms with Crippen LogP contribution in [-0.2, 0) is 6.42 Å². The maximum Gasteiger partial charge on any atom is 0.0709 e. The van der Waals surface area contributed by atoms with E-state index in [-0.39, 0.29) is 5.41 Å². The Bertz CT molecular complexity index is 358. The molecule has 0 bridgehead atoms. The molecule has 1 nitrogen and oxygen atoms in total. The zero-order chi connectivity index (χ0) is 12.6. The van der Waals surface area contributed by atoms with Crippen molar-refractivity contribution in [3.63, 3.8) is 0 Å². The lowest BCUT2D eigenvalue weighted by Gasteiger charge is -2.37. The molecular weight excluding hydrogens is 243 g/mol. The predicted octanol–water partition coefficient (Wildman–Crippen LogP) is 4.33. The molecule has 0 aromatic heterocycles. The fraction of sp³-hybridized carbons (Fsp3) is 0.538. The van der Waals surface area contributed by atoms with E-state index >= 15 is 0 Å². The molecule has 0 spiro atoms. The standard InChI is InChI=1S/C13H18Cl2O/c1-12(2,3)13(4,16)8-9-10(14)6-5-7-11(9)15/h5-7,16H,8H2,1-4H3. The van der Waals surface area contributed by atoms with Crippen molar-refractivity contribution in [2.45, 2.75) is 39.7 Å². The Morgan fingerprint density at radius 2 is 1.50 bits per heavy atom. The molecule has 0 aliphatic rings. The highest BCUT2D eigenvalue weighted by molar-refractivity contribution is 6.36. The van der Waals surface area contributed by atoms with Crippen LogP contribution in [0, 0.1) is 5.41 Å². The predicted molar refractivity (Wildman–Crippen MR) is 70.2 cm³/mol.